The number of amides is 1. The van der Waals surface area contributed by atoms with E-state index in [1.165, 1.54) is 12.1 Å². The minimum Gasteiger partial charge on any atom is -0.486 e. The third kappa shape index (κ3) is 7.68. The van der Waals surface area contributed by atoms with Gasteiger partial charge in [0.15, 0.2) is 11.6 Å². The minimum absolute atomic E-state index is 0.0429. The number of fused-ring (bicyclic) bond motifs is 2. The second-order valence-electron chi connectivity index (χ2n) is 16.1. The van der Waals surface area contributed by atoms with Crippen molar-refractivity contribution in [3.63, 3.8) is 0 Å². The summed E-state index contributed by atoms with van der Waals surface area (Å²) in [4.78, 5) is 30.4. The maximum atomic E-state index is 15.1. The van der Waals surface area contributed by atoms with Crippen LogP contribution in [0, 0.1) is 24.1 Å². The SMILES string of the molecule is C#Cc1c(F)ccc2c1N([C@@H]1COc3c(nc(OC[C@]4(C)C[C@@H](F)CN4CC4CCOCC4)nc3N(C)C[C@@H]3CCCN3C(=O)C=C)C1)C[C@](C)(O)C2. The molecular formula is C40H52F2N6O5. The van der Waals surface area contributed by atoms with E-state index in [-0.39, 0.29) is 49.3 Å². The summed E-state index contributed by atoms with van der Waals surface area (Å²) in [6.45, 7) is 11.9. The molecule has 5 aliphatic heterocycles. The number of hydrogen-bond donors (Lipinski definition) is 1. The molecule has 53 heavy (non-hydrogen) atoms. The number of likely N-dealkylation sites (N-methyl/N-ethyl adjacent to an activating group) is 1. The van der Waals surface area contributed by atoms with Crippen molar-refractivity contribution < 1.29 is 32.9 Å². The van der Waals surface area contributed by atoms with Gasteiger partial charge in [-0.1, -0.05) is 18.6 Å². The van der Waals surface area contributed by atoms with Crippen molar-refractivity contribution in [2.75, 3.05) is 76.0 Å². The number of anilines is 2. The summed E-state index contributed by atoms with van der Waals surface area (Å²) < 4.78 is 48.6. The maximum Gasteiger partial charge on any atom is 0.318 e. The summed E-state index contributed by atoms with van der Waals surface area (Å²) in [5.74, 6) is 3.42. The van der Waals surface area contributed by atoms with E-state index in [2.05, 4.69) is 17.4 Å². The molecule has 0 saturated carbocycles. The molecule has 7 rings (SSSR count). The van der Waals surface area contributed by atoms with E-state index in [1.54, 1.807) is 13.0 Å². The Balaban J connectivity index is 1.19. The highest BCUT2D eigenvalue weighted by Crippen LogP contribution is 2.42. The van der Waals surface area contributed by atoms with Crippen LogP contribution in [-0.4, -0.2) is 126 Å². The summed E-state index contributed by atoms with van der Waals surface area (Å²) in [6, 6.07) is 2.81. The number of carbonyl (C=O) groups excluding carboxylic acids is 1. The monoisotopic (exact) mass is 734 g/mol. The van der Waals surface area contributed by atoms with Gasteiger partial charge in [-0.05, 0) is 63.2 Å². The first-order valence-corrected chi connectivity index (χ1v) is 18.9. The van der Waals surface area contributed by atoms with E-state index in [0.717, 1.165) is 51.0 Å². The molecule has 1 amide bonds. The molecule has 2 aromatic rings. The lowest BCUT2D eigenvalue weighted by Crippen LogP contribution is -2.54. The molecule has 11 nitrogen and oxygen atoms in total. The van der Waals surface area contributed by atoms with Crippen LogP contribution in [0.1, 0.15) is 62.8 Å². The van der Waals surface area contributed by atoms with Gasteiger partial charge in [0.05, 0.1) is 34.1 Å². The number of hydrogen-bond acceptors (Lipinski definition) is 10. The molecule has 0 unspecified atom stereocenters. The molecule has 6 heterocycles. The minimum atomic E-state index is -1.08. The predicted molar refractivity (Wildman–Crippen MR) is 198 cm³/mol. The second kappa shape index (κ2) is 15.0. The van der Waals surface area contributed by atoms with E-state index < -0.39 is 23.1 Å². The average molecular weight is 735 g/mol. The van der Waals surface area contributed by atoms with E-state index in [9.17, 15) is 9.90 Å². The number of aliphatic hydroxyl groups is 1. The van der Waals surface area contributed by atoms with Crippen molar-refractivity contribution in [2.45, 2.75) is 88.2 Å². The molecule has 0 bridgehead atoms. The number of benzene rings is 1. The van der Waals surface area contributed by atoms with Gasteiger partial charge in [0.25, 0.3) is 0 Å². The number of β-amino-alcohol motifs (C(OH)–C–C–N with tert-alkyl or cyclic N) is 1. The Morgan fingerprint density at radius 2 is 2.06 bits per heavy atom. The maximum absolute atomic E-state index is 15.1. The summed E-state index contributed by atoms with van der Waals surface area (Å²) in [7, 11) is 1.92. The van der Waals surface area contributed by atoms with E-state index in [0.29, 0.717) is 67.8 Å². The molecule has 1 aromatic carbocycles. The van der Waals surface area contributed by atoms with Crippen LogP contribution in [-0.2, 0) is 22.4 Å². The molecule has 5 aliphatic rings. The molecule has 1 N–H and O–H groups in total. The van der Waals surface area contributed by atoms with Gasteiger partial charge in [-0.15, -0.1) is 6.42 Å². The van der Waals surface area contributed by atoms with Crippen molar-refractivity contribution in [3.05, 3.63) is 47.4 Å². The summed E-state index contributed by atoms with van der Waals surface area (Å²) >= 11 is 0. The van der Waals surface area contributed by atoms with Crippen LogP contribution in [0.4, 0.5) is 20.3 Å². The number of carbonyl (C=O) groups is 1. The zero-order chi connectivity index (χ0) is 37.5. The van der Waals surface area contributed by atoms with Crippen molar-refractivity contribution in [1.29, 1.82) is 0 Å². The lowest BCUT2D eigenvalue weighted by molar-refractivity contribution is -0.126. The third-order valence-corrected chi connectivity index (χ3v) is 11.8. The molecule has 286 valence electrons. The number of halogens is 2. The zero-order valence-corrected chi connectivity index (χ0v) is 31.2. The summed E-state index contributed by atoms with van der Waals surface area (Å²) in [5.41, 5.74) is 0.475. The average Bonchev–Trinajstić information content (AvgIpc) is 3.72. The number of nitrogens with zero attached hydrogens (tertiary/aromatic N) is 6. The number of rotatable bonds is 10. The van der Waals surface area contributed by atoms with Crippen LogP contribution >= 0.6 is 0 Å². The van der Waals surface area contributed by atoms with Crippen molar-refractivity contribution in [3.8, 4) is 24.1 Å². The van der Waals surface area contributed by atoms with Crippen LogP contribution < -0.4 is 19.3 Å². The Morgan fingerprint density at radius 1 is 1.26 bits per heavy atom. The van der Waals surface area contributed by atoms with E-state index in [1.807, 2.05) is 28.7 Å². The second-order valence-corrected chi connectivity index (χ2v) is 16.1. The Morgan fingerprint density at radius 3 is 2.81 bits per heavy atom. The fourth-order valence-corrected chi connectivity index (χ4v) is 9.05. The van der Waals surface area contributed by atoms with Crippen molar-refractivity contribution in [2.24, 2.45) is 5.92 Å². The molecule has 0 radical (unpaired) electrons. The molecular weight excluding hydrogens is 682 g/mol. The van der Waals surface area contributed by atoms with Crippen LogP contribution in [0.25, 0.3) is 0 Å². The van der Waals surface area contributed by atoms with Crippen LogP contribution in [0.3, 0.4) is 0 Å². The topological polar surface area (TPSA) is 104 Å². The molecule has 5 atom stereocenters. The first kappa shape index (κ1) is 37.3. The largest absolute Gasteiger partial charge is 0.486 e. The first-order chi connectivity index (χ1) is 25.4. The Kier molecular flexibility index (Phi) is 10.6. The Labute approximate surface area is 311 Å². The van der Waals surface area contributed by atoms with Crippen LogP contribution in [0.2, 0.25) is 0 Å². The number of terminal acetylenes is 1. The molecule has 13 heteroatoms. The van der Waals surface area contributed by atoms with Gasteiger partial charge in [-0.3, -0.25) is 9.69 Å². The fourth-order valence-electron chi connectivity index (χ4n) is 9.05. The molecule has 3 saturated heterocycles. The van der Waals surface area contributed by atoms with E-state index >= 15 is 8.78 Å². The highest BCUT2D eigenvalue weighted by atomic mass is 19.1. The standard InChI is InChI=1S/C40H52F2N6O5/c1-6-31-32(42)11-10-27-18-40(4,50)24-48(35(27)31)30-17-33-36(52-23-30)37(45(5)22-29-9-8-14-47(29)34(49)7-2)44-38(43-33)53-25-39(3)19-28(41)21-46(39)20-26-12-15-51-16-13-26/h1,7,10-11,26,28-30,50H,2,8-9,12-25H2,3-5H3/t28-,29+,30+,39+,40-/m1/s1. The molecule has 0 aliphatic carbocycles. The number of likely N-dealkylation sites (tertiary alicyclic amines) is 2. The van der Waals surface area contributed by atoms with Gasteiger partial charge in [-0.2, -0.15) is 9.97 Å². The van der Waals surface area contributed by atoms with Gasteiger partial charge < -0.3 is 34.0 Å². The first-order valence-electron chi connectivity index (χ1n) is 18.9. The fraction of sp³-hybridized carbons (Fsp3) is 0.625. The van der Waals surface area contributed by atoms with Gasteiger partial charge >= 0.3 is 6.01 Å². The highest BCUT2D eigenvalue weighted by molar-refractivity contribution is 5.87. The number of ether oxygens (including phenoxy) is 3. The zero-order valence-electron chi connectivity index (χ0n) is 31.2. The van der Waals surface area contributed by atoms with Crippen LogP contribution in [0.15, 0.2) is 24.8 Å². The summed E-state index contributed by atoms with van der Waals surface area (Å²) in [5, 5.41) is 11.3. The van der Waals surface area contributed by atoms with Crippen LogP contribution in [0.5, 0.6) is 11.8 Å². The van der Waals surface area contributed by atoms with E-state index in [4.69, 9.17) is 30.6 Å². The lowest BCUT2D eigenvalue weighted by atomic mass is 9.86. The highest BCUT2D eigenvalue weighted by Gasteiger charge is 2.45. The van der Waals surface area contributed by atoms with Gasteiger partial charge in [0, 0.05) is 78.3 Å². The third-order valence-electron chi connectivity index (χ3n) is 11.8. The smallest absolute Gasteiger partial charge is 0.318 e. The van der Waals surface area contributed by atoms with Crippen molar-refractivity contribution in [1.82, 2.24) is 19.8 Å². The quantitative estimate of drug-likeness (QED) is 0.286. The molecule has 3 fully saturated rings. The normalized spacial score (nSPS) is 28.9. The number of alkyl halides is 1. The van der Waals surface area contributed by atoms with Crippen molar-refractivity contribution >= 4 is 17.4 Å². The van der Waals surface area contributed by atoms with Gasteiger partial charge in [0.2, 0.25) is 5.91 Å². The molecule has 0 spiro atoms. The Hall–Kier alpha value is -3.99. The van der Waals surface area contributed by atoms with Gasteiger partial charge in [-0.25, -0.2) is 8.78 Å². The number of aromatic nitrogens is 2. The summed E-state index contributed by atoms with van der Waals surface area (Å²) in [6.07, 6.45) is 10.9. The lowest BCUT2D eigenvalue weighted by Gasteiger charge is -2.45. The molecule has 1 aromatic heterocycles. The van der Waals surface area contributed by atoms with Gasteiger partial charge in [0.1, 0.15) is 25.2 Å². The predicted octanol–water partition coefficient (Wildman–Crippen LogP) is 3.94. The Bertz CT molecular complexity index is 1750.